The second kappa shape index (κ2) is 4.26. The molecule has 2 aromatic rings. The van der Waals surface area contributed by atoms with E-state index in [1.165, 1.54) is 11.5 Å². The molecule has 4 nitrogen and oxygen atoms in total. The smallest absolute Gasteiger partial charge is 0.111 e. The molecule has 2 heterocycles. The molecule has 0 amide bonds. The van der Waals surface area contributed by atoms with Crippen molar-refractivity contribution in [2.24, 2.45) is 0 Å². The van der Waals surface area contributed by atoms with Crippen LogP contribution in [0.2, 0.25) is 0 Å². The molecule has 0 aliphatic rings. The fourth-order valence-corrected chi connectivity index (χ4v) is 1.88. The van der Waals surface area contributed by atoms with E-state index < -0.39 is 0 Å². The highest BCUT2D eigenvalue weighted by atomic mass is 32.1. The van der Waals surface area contributed by atoms with Crippen LogP contribution < -0.4 is 5.32 Å². The minimum atomic E-state index is 0.794. The number of rotatable bonds is 3. The van der Waals surface area contributed by atoms with Gasteiger partial charge in [-0.3, -0.25) is 4.98 Å². The molecule has 0 radical (unpaired) electrons. The van der Waals surface area contributed by atoms with Crippen LogP contribution in [0.3, 0.4) is 0 Å². The minimum Gasteiger partial charge on any atom is -0.315 e. The van der Waals surface area contributed by atoms with Gasteiger partial charge in [0.2, 0.25) is 0 Å². The lowest BCUT2D eigenvalue weighted by Gasteiger charge is -1.98. The first kappa shape index (κ1) is 9.23. The first-order valence-corrected chi connectivity index (χ1v) is 5.05. The average molecular weight is 206 g/mol. The molecule has 0 fully saturated rings. The summed E-state index contributed by atoms with van der Waals surface area (Å²) in [6, 6.07) is 3.89. The predicted molar refractivity (Wildman–Crippen MR) is 55.9 cm³/mol. The van der Waals surface area contributed by atoms with Crippen molar-refractivity contribution in [2.45, 2.75) is 6.54 Å². The molecule has 14 heavy (non-hydrogen) atoms. The summed E-state index contributed by atoms with van der Waals surface area (Å²) in [6.07, 6.45) is 3.55. The Labute approximate surface area is 86.2 Å². The number of nitrogens with zero attached hydrogens (tertiary/aromatic N) is 3. The fourth-order valence-electron chi connectivity index (χ4n) is 1.21. The van der Waals surface area contributed by atoms with Crippen LogP contribution in [0.1, 0.15) is 4.88 Å². The van der Waals surface area contributed by atoms with Gasteiger partial charge in [-0.1, -0.05) is 4.49 Å². The van der Waals surface area contributed by atoms with E-state index in [4.69, 9.17) is 0 Å². The fraction of sp³-hybridized carbons (Fsp3) is 0.222. The Hall–Kier alpha value is -1.33. The third kappa shape index (κ3) is 1.78. The molecule has 0 bridgehead atoms. The Bertz CT molecular complexity index is 398. The van der Waals surface area contributed by atoms with Gasteiger partial charge in [-0.05, 0) is 30.7 Å². The van der Waals surface area contributed by atoms with Crippen molar-refractivity contribution < 1.29 is 0 Å². The minimum absolute atomic E-state index is 0.794. The van der Waals surface area contributed by atoms with E-state index in [9.17, 15) is 0 Å². The summed E-state index contributed by atoms with van der Waals surface area (Å²) in [6.45, 7) is 0.794. The summed E-state index contributed by atoms with van der Waals surface area (Å²) < 4.78 is 3.94. The van der Waals surface area contributed by atoms with Gasteiger partial charge < -0.3 is 5.32 Å². The van der Waals surface area contributed by atoms with E-state index in [1.807, 2.05) is 19.2 Å². The molecule has 72 valence electrons. The zero-order chi connectivity index (χ0) is 9.80. The van der Waals surface area contributed by atoms with Crippen molar-refractivity contribution in [1.29, 1.82) is 0 Å². The topological polar surface area (TPSA) is 50.7 Å². The molecule has 0 aromatic carbocycles. The second-order valence-corrected chi connectivity index (χ2v) is 3.66. The van der Waals surface area contributed by atoms with Crippen LogP contribution in [-0.2, 0) is 6.54 Å². The third-order valence-corrected chi connectivity index (χ3v) is 2.55. The lowest BCUT2D eigenvalue weighted by atomic mass is 10.2. The molecule has 0 unspecified atom stereocenters. The third-order valence-electron chi connectivity index (χ3n) is 1.83. The van der Waals surface area contributed by atoms with Crippen molar-refractivity contribution in [1.82, 2.24) is 19.9 Å². The Morgan fingerprint density at radius 3 is 3.14 bits per heavy atom. The molecule has 0 aliphatic heterocycles. The van der Waals surface area contributed by atoms with E-state index in [0.29, 0.717) is 0 Å². The van der Waals surface area contributed by atoms with E-state index in [2.05, 4.69) is 19.9 Å². The molecule has 0 saturated heterocycles. The summed E-state index contributed by atoms with van der Waals surface area (Å²) in [5.74, 6) is 0. The number of hydrogen-bond acceptors (Lipinski definition) is 5. The van der Waals surface area contributed by atoms with Crippen LogP contribution in [0.15, 0.2) is 24.5 Å². The van der Waals surface area contributed by atoms with Gasteiger partial charge in [-0.25, -0.2) is 0 Å². The molecule has 2 aromatic heterocycles. The highest BCUT2D eigenvalue weighted by Gasteiger charge is 2.08. The maximum absolute atomic E-state index is 4.09. The van der Waals surface area contributed by atoms with Crippen LogP contribution in [-0.4, -0.2) is 21.6 Å². The average Bonchev–Trinajstić information content (AvgIpc) is 2.68. The highest BCUT2D eigenvalue weighted by Crippen LogP contribution is 2.22. The molecule has 1 N–H and O–H groups in total. The lowest BCUT2D eigenvalue weighted by Crippen LogP contribution is -2.04. The molecule has 0 saturated carbocycles. The number of hydrogen-bond donors (Lipinski definition) is 1. The normalized spacial score (nSPS) is 10.4. The first-order valence-electron chi connectivity index (χ1n) is 4.28. The SMILES string of the molecule is CNCc1snnc1-c1cccnc1. The van der Waals surface area contributed by atoms with Gasteiger partial charge in [-0.2, -0.15) is 0 Å². The zero-order valence-corrected chi connectivity index (χ0v) is 8.58. The van der Waals surface area contributed by atoms with Crippen LogP contribution in [0.4, 0.5) is 0 Å². The summed E-state index contributed by atoms with van der Waals surface area (Å²) in [5.41, 5.74) is 1.95. The van der Waals surface area contributed by atoms with Crippen molar-refractivity contribution in [3.8, 4) is 11.3 Å². The zero-order valence-electron chi connectivity index (χ0n) is 7.77. The summed E-state index contributed by atoms with van der Waals surface area (Å²) in [4.78, 5) is 5.20. The van der Waals surface area contributed by atoms with Gasteiger partial charge in [0.15, 0.2) is 0 Å². The van der Waals surface area contributed by atoms with Gasteiger partial charge in [0.25, 0.3) is 0 Å². The lowest BCUT2D eigenvalue weighted by molar-refractivity contribution is 0.830. The van der Waals surface area contributed by atoms with Crippen molar-refractivity contribution in [2.75, 3.05) is 7.05 Å². The standard InChI is InChI=1S/C9H10N4S/c1-10-6-8-9(12-13-14-8)7-3-2-4-11-5-7/h2-5,10H,6H2,1H3. The van der Waals surface area contributed by atoms with Crippen molar-refractivity contribution in [3.63, 3.8) is 0 Å². The van der Waals surface area contributed by atoms with Gasteiger partial charge in [0.1, 0.15) is 5.69 Å². The van der Waals surface area contributed by atoms with E-state index in [1.54, 1.807) is 12.4 Å². The summed E-state index contributed by atoms with van der Waals surface area (Å²) in [7, 11) is 1.91. The monoisotopic (exact) mass is 206 g/mol. The van der Waals surface area contributed by atoms with Crippen LogP contribution in [0, 0.1) is 0 Å². The van der Waals surface area contributed by atoms with E-state index in [-0.39, 0.29) is 0 Å². The highest BCUT2D eigenvalue weighted by molar-refractivity contribution is 7.05. The Morgan fingerprint density at radius 2 is 2.43 bits per heavy atom. The van der Waals surface area contributed by atoms with Crippen LogP contribution in [0.5, 0.6) is 0 Å². The maximum atomic E-state index is 4.09. The van der Waals surface area contributed by atoms with Crippen LogP contribution >= 0.6 is 11.5 Å². The second-order valence-electron chi connectivity index (χ2n) is 2.82. The quantitative estimate of drug-likeness (QED) is 0.823. The summed E-state index contributed by atoms with van der Waals surface area (Å²) >= 11 is 1.42. The van der Waals surface area contributed by atoms with E-state index in [0.717, 1.165) is 22.7 Å². The van der Waals surface area contributed by atoms with Gasteiger partial charge >= 0.3 is 0 Å². The molecule has 2 rings (SSSR count). The molecule has 0 spiro atoms. The Kier molecular flexibility index (Phi) is 2.81. The molecule has 0 atom stereocenters. The van der Waals surface area contributed by atoms with Gasteiger partial charge in [0.05, 0.1) is 4.88 Å². The van der Waals surface area contributed by atoms with Crippen molar-refractivity contribution in [3.05, 3.63) is 29.4 Å². The summed E-state index contributed by atoms with van der Waals surface area (Å²) in [5, 5.41) is 7.18. The molecular weight excluding hydrogens is 196 g/mol. The first-order chi connectivity index (χ1) is 6.92. The van der Waals surface area contributed by atoms with Gasteiger partial charge in [0, 0.05) is 24.5 Å². The number of aromatic nitrogens is 3. The molecular formula is C9H10N4S. The van der Waals surface area contributed by atoms with Crippen molar-refractivity contribution >= 4 is 11.5 Å². The molecule has 5 heteroatoms. The number of pyridine rings is 1. The van der Waals surface area contributed by atoms with Gasteiger partial charge in [-0.15, -0.1) is 5.10 Å². The Balaban J connectivity index is 2.37. The molecule has 0 aliphatic carbocycles. The maximum Gasteiger partial charge on any atom is 0.111 e. The van der Waals surface area contributed by atoms with E-state index >= 15 is 0 Å². The van der Waals surface area contributed by atoms with Crippen LogP contribution in [0.25, 0.3) is 11.3 Å². The predicted octanol–water partition coefficient (Wildman–Crippen LogP) is 1.32. The number of nitrogens with one attached hydrogen (secondary N) is 1. The largest absolute Gasteiger partial charge is 0.315 e. The Morgan fingerprint density at radius 1 is 1.50 bits per heavy atom.